The first-order valence-corrected chi connectivity index (χ1v) is 15.5. The van der Waals surface area contributed by atoms with Crippen LogP contribution in [0.15, 0.2) is 42.5 Å². The lowest BCUT2D eigenvalue weighted by molar-refractivity contribution is -0.358. The molecule has 0 unspecified atom stereocenters. The van der Waals surface area contributed by atoms with Crippen LogP contribution in [0.4, 0.5) is 0 Å². The molecule has 2 aliphatic heterocycles. The molecule has 0 aliphatic carbocycles. The molecule has 274 valence electrons. The van der Waals surface area contributed by atoms with Crippen LogP contribution >= 0.6 is 0 Å². The molecule has 2 aromatic rings. The lowest BCUT2D eigenvalue weighted by atomic mass is 9.96. The smallest absolute Gasteiger partial charge is 0.331 e. The van der Waals surface area contributed by atoms with Gasteiger partial charge in [-0.15, -0.1) is 0 Å². The highest BCUT2D eigenvalue weighted by molar-refractivity contribution is 5.87. The zero-order valence-corrected chi connectivity index (χ0v) is 27.2. The topological polar surface area (TPSA) is 257 Å². The van der Waals surface area contributed by atoms with Gasteiger partial charge in [-0.25, -0.2) is 4.79 Å². The van der Waals surface area contributed by atoms with Crippen LogP contribution in [0, 0.1) is 0 Å². The van der Waals surface area contributed by atoms with E-state index in [0.29, 0.717) is 11.1 Å². The van der Waals surface area contributed by atoms with Crippen molar-refractivity contribution in [1.82, 2.24) is 0 Å². The van der Waals surface area contributed by atoms with Crippen LogP contribution in [0.3, 0.4) is 0 Å². The molecule has 4 rings (SSSR count). The number of ether oxygens (including phenoxy) is 7. The summed E-state index contributed by atoms with van der Waals surface area (Å²) < 4.78 is 40.1. The summed E-state index contributed by atoms with van der Waals surface area (Å²) >= 11 is 0. The van der Waals surface area contributed by atoms with Crippen LogP contribution in [0.1, 0.15) is 31.9 Å². The molecular weight excluding hydrogens is 668 g/mol. The number of benzene rings is 2. The number of aromatic hydroxyl groups is 4. The average molecular weight is 709 g/mol. The van der Waals surface area contributed by atoms with Gasteiger partial charge in [-0.2, -0.15) is 0 Å². The highest BCUT2D eigenvalue weighted by atomic mass is 16.8. The molecule has 2 heterocycles. The van der Waals surface area contributed by atoms with Crippen LogP contribution in [0.2, 0.25) is 0 Å². The maximum absolute atomic E-state index is 13.2. The molecule has 17 heteroatoms. The minimum atomic E-state index is -1.84. The third-order valence-electron chi connectivity index (χ3n) is 7.82. The standard InChI is InChI=1S/C33H40O17/c1-15-26(41)27(42)28(43)32(46-15)50-30-29(49-25(40)9-6-18-4-7-20(36)22(38)12-18)24(14-45-16(2)34)48-33(31(30)47-17(3)35)44-11-10-19-5-8-21(37)23(39)13-19/h4-9,12-13,15,24,26-33,36-39,41-43H,10-11,14H2,1-3H3/b9-6+/t15-,24+,26-,27+,28+,29+,30-,31+,32-,33+/m0/s1. The molecule has 2 fully saturated rings. The Balaban J connectivity index is 1.67. The fourth-order valence-electron chi connectivity index (χ4n) is 5.24. The van der Waals surface area contributed by atoms with E-state index in [1.165, 1.54) is 49.4 Å². The van der Waals surface area contributed by atoms with Gasteiger partial charge in [0.15, 0.2) is 47.8 Å². The SMILES string of the molecule is CC(=O)OC[C@H]1O[C@@H](OCCc2ccc(O)c(O)c2)[C@H](OC(C)=O)[C@@H](O[C@@H]2O[C@@H](C)[C@H](O)[C@@H](O)[C@H]2O)[C@@H]1OC(=O)/C=C/c1ccc(O)c(O)c1. The quantitative estimate of drug-likeness (QED) is 0.0669. The molecule has 0 aromatic heterocycles. The molecule has 17 nitrogen and oxygen atoms in total. The Kier molecular flexibility index (Phi) is 13.0. The Labute approximate surface area is 285 Å². The minimum absolute atomic E-state index is 0.128. The first-order chi connectivity index (χ1) is 23.6. The predicted octanol–water partition coefficient (Wildman–Crippen LogP) is 0.126. The van der Waals surface area contributed by atoms with E-state index >= 15 is 0 Å². The maximum atomic E-state index is 13.2. The third kappa shape index (κ3) is 9.81. The molecule has 50 heavy (non-hydrogen) atoms. The van der Waals surface area contributed by atoms with E-state index < -0.39 is 91.7 Å². The van der Waals surface area contributed by atoms with Crippen molar-refractivity contribution in [3.05, 3.63) is 53.6 Å². The molecule has 0 amide bonds. The van der Waals surface area contributed by atoms with Gasteiger partial charge in [0.2, 0.25) is 0 Å². The summed E-state index contributed by atoms with van der Waals surface area (Å²) in [7, 11) is 0. The molecule has 0 saturated carbocycles. The van der Waals surface area contributed by atoms with Gasteiger partial charge in [-0.3, -0.25) is 9.59 Å². The normalized spacial score (nSPS) is 29.7. The van der Waals surface area contributed by atoms with E-state index in [2.05, 4.69) is 0 Å². The van der Waals surface area contributed by atoms with Gasteiger partial charge in [-0.1, -0.05) is 12.1 Å². The molecule has 2 aromatic carbocycles. The third-order valence-corrected chi connectivity index (χ3v) is 7.82. The predicted molar refractivity (Wildman–Crippen MR) is 166 cm³/mol. The van der Waals surface area contributed by atoms with Crippen LogP contribution in [-0.4, -0.2) is 128 Å². The van der Waals surface area contributed by atoms with Crippen molar-refractivity contribution < 1.29 is 83.3 Å². The Morgan fingerprint density at radius 1 is 0.760 bits per heavy atom. The summed E-state index contributed by atoms with van der Waals surface area (Å²) in [5, 5.41) is 70.3. The number of phenols is 4. The number of aliphatic hydroxyl groups is 3. The van der Waals surface area contributed by atoms with Gasteiger partial charge < -0.3 is 68.9 Å². The Hall–Kier alpha value is -4.49. The summed E-state index contributed by atoms with van der Waals surface area (Å²) in [4.78, 5) is 37.4. The van der Waals surface area contributed by atoms with Crippen LogP contribution in [-0.2, 0) is 54.0 Å². The number of hydrogen-bond acceptors (Lipinski definition) is 17. The lowest BCUT2D eigenvalue weighted by Gasteiger charge is -2.47. The first-order valence-electron chi connectivity index (χ1n) is 15.5. The second-order valence-corrected chi connectivity index (χ2v) is 11.6. The number of phenolic OH excluding ortho intramolecular Hbond substituents is 4. The fraction of sp³-hybridized carbons (Fsp3) is 0.485. The summed E-state index contributed by atoms with van der Waals surface area (Å²) in [5.74, 6) is -4.12. The van der Waals surface area contributed by atoms with Crippen molar-refractivity contribution >= 4 is 24.0 Å². The van der Waals surface area contributed by atoms with Gasteiger partial charge in [-0.05, 0) is 54.8 Å². The van der Waals surface area contributed by atoms with E-state index in [-0.39, 0.29) is 30.3 Å². The average Bonchev–Trinajstić information content (AvgIpc) is 3.06. The van der Waals surface area contributed by atoms with Crippen molar-refractivity contribution in [3.8, 4) is 23.0 Å². The van der Waals surface area contributed by atoms with E-state index in [0.717, 1.165) is 19.9 Å². The minimum Gasteiger partial charge on any atom is -0.504 e. The highest BCUT2D eigenvalue weighted by Gasteiger charge is 2.54. The van der Waals surface area contributed by atoms with Crippen molar-refractivity contribution in [2.24, 2.45) is 0 Å². The molecule has 2 aliphatic rings. The molecule has 10 atom stereocenters. The summed E-state index contributed by atoms with van der Waals surface area (Å²) in [5.41, 5.74) is 0.847. The van der Waals surface area contributed by atoms with Gasteiger partial charge in [0.1, 0.15) is 37.1 Å². The van der Waals surface area contributed by atoms with Gasteiger partial charge in [0.05, 0.1) is 12.7 Å². The highest BCUT2D eigenvalue weighted by Crippen LogP contribution is 2.34. The second-order valence-electron chi connectivity index (χ2n) is 11.6. The summed E-state index contributed by atoms with van der Waals surface area (Å²) in [6.45, 7) is 2.94. The van der Waals surface area contributed by atoms with Crippen LogP contribution < -0.4 is 0 Å². The molecule has 2 saturated heterocycles. The molecular formula is C33H40O17. The number of esters is 3. The summed E-state index contributed by atoms with van der Waals surface area (Å²) in [6, 6.07) is 7.90. The van der Waals surface area contributed by atoms with Crippen molar-refractivity contribution in [2.75, 3.05) is 13.2 Å². The maximum Gasteiger partial charge on any atom is 0.331 e. The van der Waals surface area contributed by atoms with Crippen molar-refractivity contribution in [1.29, 1.82) is 0 Å². The van der Waals surface area contributed by atoms with E-state index in [4.69, 9.17) is 33.2 Å². The zero-order valence-electron chi connectivity index (χ0n) is 27.2. The van der Waals surface area contributed by atoms with Crippen molar-refractivity contribution in [2.45, 2.75) is 88.6 Å². The van der Waals surface area contributed by atoms with Crippen molar-refractivity contribution in [3.63, 3.8) is 0 Å². The zero-order chi connectivity index (χ0) is 36.7. The number of aliphatic hydroxyl groups excluding tert-OH is 3. The Bertz CT molecular complexity index is 1530. The van der Waals surface area contributed by atoms with E-state index in [1.807, 2.05) is 0 Å². The Morgan fingerprint density at radius 2 is 1.44 bits per heavy atom. The number of carbonyl (C=O) groups is 3. The monoisotopic (exact) mass is 708 g/mol. The van der Waals surface area contributed by atoms with E-state index in [1.54, 1.807) is 0 Å². The van der Waals surface area contributed by atoms with Gasteiger partial charge in [0.25, 0.3) is 0 Å². The lowest BCUT2D eigenvalue weighted by Crippen LogP contribution is -2.65. The molecule has 7 N–H and O–H groups in total. The van der Waals surface area contributed by atoms with Crippen LogP contribution in [0.25, 0.3) is 6.08 Å². The fourth-order valence-corrected chi connectivity index (χ4v) is 5.24. The summed E-state index contributed by atoms with van der Waals surface area (Å²) in [6.07, 6.45) is -13.0. The number of rotatable bonds is 12. The number of carbonyl (C=O) groups excluding carboxylic acids is 3. The number of hydrogen-bond donors (Lipinski definition) is 7. The molecule has 0 radical (unpaired) electrons. The van der Waals surface area contributed by atoms with Gasteiger partial charge in [0, 0.05) is 19.9 Å². The molecule has 0 bridgehead atoms. The molecule has 0 spiro atoms. The first kappa shape index (κ1) is 38.3. The van der Waals surface area contributed by atoms with Gasteiger partial charge >= 0.3 is 17.9 Å². The largest absolute Gasteiger partial charge is 0.504 e. The second kappa shape index (κ2) is 16.9. The van der Waals surface area contributed by atoms with Crippen LogP contribution in [0.5, 0.6) is 23.0 Å². The van der Waals surface area contributed by atoms with E-state index in [9.17, 15) is 50.1 Å². The Morgan fingerprint density at radius 3 is 2.08 bits per heavy atom.